The van der Waals surface area contributed by atoms with Crippen molar-refractivity contribution in [2.24, 2.45) is 0 Å². The number of fused-ring (bicyclic) bond motifs is 1. The van der Waals surface area contributed by atoms with Crippen molar-refractivity contribution in [2.45, 2.75) is 30.2 Å². The normalized spacial score (nSPS) is 13.9. The summed E-state index contributed by atoms with van der Waals surface area (Å²) in [6, 6.07) is 10.4. The van der Waals surface area contributed by atoms with Gasteiger partial charge in [-0.05, 0) is 43.2 Å². The van der Waals surface area contributed by atoms with Crippen LogP contribution in [0, 0.1) is 0 Å². The van der Waals surface area contributed by atoms with Crippen LogP contribution in [0.2, 0.25) is 0 Å². The number of amides is 1. The summed E-state index contributed by atoms with van der Waals surface area (Å²) in [5.74, 6) is 0.761. The Morgan fingerprint density at radius 1 is 1.12 bits per heavy atom. The van der Waals surface area contributed by atoms with Gasteiger partial charge in [-0.15, -0.1) is 0 Å². The molecule has 2 aromatic carbocycles. The van der Waals surface area contributed by atoms with E-state index in [0.29, 0.717) is 22.8 Å². The van der Waals surface area contributed by atoms with Crippen molar-refractivity contribution in [3.63, 3.8) is 0 Å². The molecule has 0 spiro atoms. The molecule has 0 radical (unpaired) electrons. The van der Waals surface area contributed by atoms with E-state index in [-0.39, 0.29) is 28.6 Å². The minimum absolute atomic E-state index is 0.0250. The van der Waals surface area contributed by atoms with E-state index in [1.807, 2.05) is 0 Å². The van der Waals surface area contributed by atoms with E-state index < -0.39 is 21.6 Å². The number of hydrogen-bond donors (Lipinski definition) is 4. The summed E-state index contributed by atoms with van der Waals surface area (Å²) < 4.78 is 33.4. The number of anilines is 1. The van der Waals surface area contributed by atoms with Crippen LogP contribution in [-0.2, 0) is 16.6 Å². The zero-order valence-corrected chi connectivity index (χ0v) is 17.4. The Bertz CT molecular complexity index is 1480. The second kappa shape index (κ2) is 7.64. The molecule has 4 N–H and O–H groups in total. The van der Waals surface area contributed by atoms with E-state index in [1.165, 1.54) is 30.3 Å². The molecule has 1 aliphatic rings. The minimum atomic E-state index is -4.02. The summed E-state index contributed by atoms with van der Waals surface area (Å²) >= 11 is 0. The molecular formula is C20H18N6O5S. The molecule has 0 saturated heterocycles. The molecule has 1 aliphatic carbocycles. The summed E-state index contributed by atoms with van der Waals surface area (Å²) in [5.41, 5.74) is 0.648. The smallest absolute Gasteiger partial charge is 0.323 e. The third-order valence-corrected chi connectivity index (χ3v) is 6.40. The third-order valence-electron chi connectivity index (χ3n) is 5.04. The van der Waals surface area contributed by atoms with Gasteiger partial charge in [0.1, 0.15) is 0 Å². The number of para-hydroxylation sites is 1. The number of carbonyl (C=O) groups is 1. The van der Waals surface area contributed by atoms with E-state index in [1.54, 1.807) is 12.1 Å². The van der Waals surface area contributed by atoms with Gasteiger partial charge in [0, 0.05) is 5.92 Å². The van der Waals surface area contributed by atoms with Crippen molar-refractivity contribution in [3.8, 4) is 0 Å². The lowest BCUT2D eigenvalue weighted by molar-refractivity contribution is 0.0947. The largest absolute Gasteiger partial charge is 0.343 e. The molecule has 0 bridgehead atoms. The number of hydrogen-bond acceptors (Lipinski definition) is 7. The van der Waals surface area contributed by atoms with Gasteiger partial charge < -0.3 is 19.8 Å². The van der Waals surface area contributed by atoms with Gasteiger partial charge in [-0.2, -0.15) is 4.98 Å². The highest BCUT2D eigenvalue weighted by atomic mass is 32.2. The molecule has 2 aromatic heterocycles. The van der Waals surface area contributed by atoms with Gasteiger partial charge in [0.15, 0.2) is 5.82 Å². The Labute approximate surface area is 181 Å². The first-order chi connectivity index (χ1) is 15.4. The zero-order chi connectivity index (χ0) is 22.3. The fraction of sp³-hybridized carbons (Fsp3) is 0.200. The second-order valence-corrected chi connectivity index (χ2v) is 9.12. The number of sulfonamides is 1. The molecule has 0 atom stereocenters. The molecule has 0 unspecified atom stereocenters. The van der Waals surface area contributed by atoms with E-state index in [0.717, 1.165) is 12.8 Å². The van der Waals surface area contributed by atoms with Crippen LogP contribution in [0.3, 0.4) is 0 Å². The Kier molecular flexibility index (Phi) is 4.78. The predicted octanol–water partition coefficient (Wildman–Crippen LogP) is 1.85. The lowest BCUT2D eigenvalue weighted by Crippen LogP contribution is -2.25. The fourth-order valence-electron chi connectivity index (χ4n) is 3.25. The molecule has 32 heavy (non-hydrogen) atoms. The van der Waals surface area contributed by atoms with Crippen LogP contribution in [0.1, 0.15) is 40.8 Å². The van der Waals surface area contributed by atoms with Gasteiger partial charge in [0.25, 0.3) is 15.9 Å². The maximum atomic E-state index is 12.9. The zero-order valence-electron chi connectivity index (χ0n) is 16.6. The number of nitrogens with one attached hydrogen (secondary N) is 4. The van der Waals surface area contributed by atoms with E-state index in [2.05, 4.69) is 30.1 Å². The highest BCUT2D eigenvalue weighted by Crippen LogP contribution is 2.38. The molecule has 164 valence electrons. The molecule has 5 rings (SSSR count). The predicted molar refractivity (Wildman–Crippen MR) is 114 cm³/mol. The summed E-state index contributed by atoms with van der Waals surface area (Å²) in [7, 11) is -4.02. The monoisotopic (exact) mass is 454 g/mol. The third kappa shape index (κ3) is 3.99. The van der Waals surface area contributed by atoms with Gasteiger partial charge in [0.2, 0.25) is 5.89 Å². The Hall–Kier alpha value is -3.93. The van der Waals surface area contributed by atoms with Crippen molar-refractivity contribution in [2.75, 3.05) is 4.72 Å². The van der Waals surface area contributed by atoms with Crippen molar-refractivity contribution in [1.29, 1.82) is 0 Å². The van der Waals surface area contributed by atoms with Gasteiger partial charge in [-0.3, -0.25) is 9.52 Å². The van der Waals surface area contributed by atoms with Crippen molar-refractivity contribution in [3.05, 3.63) is 70.2 Å². The van der Waals surface area contributed by atoms with Crippen LogP contribution in [0.4, 0.5) is 5.69 Å². The number of nitrogens with zero attached hydrogens (tertiary/aromatic N) is 2. The Morgan fingerprint density at radius 2 is 1.91 bits per heavy atom. The summed E-state index contributed by atoms with van der Waals surface area (Å²) in [5, 5.41) is 6.57. The first-order valence-electron chi connectivity index (χ1n) is 9.84. The maximum absolute atomic E-state index is 12.9. The summed E-state index contributed by atoms with van der Waals surface area (Å²) in [6.45, 7) is 0.0250. The number of aromatic amines is 2. The lowest BCUT2D eigenvalue weighted by atomic mass is 10.1. The van der Waals surface area contributed by atoms with E-state index >= 15 is 0 Å². The standard InChI is InChI=1S/C20H18N6O5S/c27-19(21-10-17-24-18(25-31-17)11-5-6-11)13-3-1-2-4-14(13)26-32(29,30)12-7-8-15-16(9-12)23-20(28)22-15/h1-4,7-9,11,26H,5-6,10H2,(H,21,27)(H2,22,23,28). The molecule has 1 amide bonds. The van der Waals surface area contributed by atoms with Gasteiger partial charge >= 0.3 is 5.69 Å². The summed E-state index contributed by atoms with van der Waals surface area (Å²) in [6.07, 6.45) is 2.07. The highest BCUT2D eigenvalue weighted by molar-refractivity contribution is 7.92. The van der Waals surface area contributed by atoms with Crippen LogP contribution >= 0.6 is 0 Å². The van der Waals surface area contributed by atoms with Crippen LogP contribution in [-0.4, -0.2) is 34.4 Å². The average molecular weight is 454 g/mol. The first-order valence-corrected chi connectivity index (χ1v) is 11.3. The van der Waals surface area contributed by atoms with Crippen LogP contribution in [0.15, 0.2) is 56.7 Å². The quantitative estimate of drug-likeness (QED) is 0.331. The Balaban J connectivity index is 1.34. The van der Waals surface area contributed by atoms with E-state index in [4.69, 9.17) is 4.52 Å². The van der Waals surface area contributed by atoms with Crippen LogP contribution < -0.4 is 15.7 Å². The van der Waals surface area contributed by atoms with Crippen LogP contribution in [0.25, 0.3) is 11.0 Å². The van der Waals surface area contributed by atoms with E-state index in [9.17, 15) is 18.0 Å². The van der Waals surface area contributed by atoms with Crippen LogP contribution in [0.5, 0.6) is 0 Å². The molecular weight excluding hydrogens is 436 g/mol. The summed E-state index contributed by atoms with van der Waals surface area (Å²) in [4.78, 5) is 33.4. The fourth-order valence-corrected chi connectivity index (χ4v) is 4.36. The number of carbonyl (C=O) groups excluding carboxylic acids is 1. The van der Waals surface area contributed by atoms with Gasteiger partial charge in [-0.25, -0.2) is 13.2 Å². The minimum Gasteiger partial charge on any atom is -0.343 e. The number of rotatable bonds is 7. The van der Waals surface area contributed by atoms with Gasteiger partial charge in [-0.1, -0.05) is 17.3 Å². The molecule has 1 fully saturated rings. The first kappa shape index (κ1) is 20.0. The van der Waals surface area contributed by atoms with Crippen molar-refractivity contribution >= 4 is 32.7 Å². The Morgan fingerprint density at radius 3 is 2.72 bits per heavy atom. The topological polar surface area (TPSA) is 163 Å². The van der Waals surface area contributed by atoms with Gasteiger partial charge in [0.05, 0.1) is 33.7 Å². The van der Waals surface area contributed by atoms with Crippen molar-refractivity contribution in [1.82, 2.24) is 25.4 Å². The number of H-pyrrole nitrogens is 2. The lowest BCUT2D eigenvalue weighted by Gasteiger charge is -2.12. The highest BCUT2D eigenvalue weighted by Gasteiger charge is 2.28. The number of imidazole rings is 1. The SMILES string of the molecule is O=C(NCc1nc(C2CC2)no1)c1ccccc1NS(=O)(=O)c1ccc2[nH]c(=O)[nH]c2c1. The number of benzene rings is 2. The molecule has 11 nitrogen and oxygen atoms in total. The molecule has 4 aromatic rings. The molecule has 1 saturated carbocycles. The molecule has 12 heteroatoms. The maximum Gasteiger partial charge on any atom is 0.323 e. The second-order valence-electron chi connectivity index (χ2n) is 7.44. The van der Waals surface area contributed by atoms with Crippen molar-refractivity contribution < 1.29 is 17.7 Å². The molecule has 2 heterocycles. The average Bonchev–Trinajstić information content (AvgIpc) is 3.38. The number of aromatic nitrogens is 4. The molecule has 0 aliphatic heterocycles.